The van der Waals surface area contributed by atoms with Crippen molar-refractivity contribution in [2.75, 3.05) is 0 Å². The van der Waals surface area contributed by atoms with Crippen molar-refractivity contribution in [2.45, 2.75) is 6.17 Å². The monoisotopic (exact) mass is 214 g/mol. The molecule has 72 valence electrons. The van der Waals surface area contributed by atoms with E-state index in [2.05, 4.69) is 12.6 Å². The molecule has 13 heavy (non-hydrogen) atoms. The van der Waals surface area contributed by atoms with Gasteiger partial charge in [0.2, 0.25) is 0 Å². The number of allylic oxidation sites excluding steroid dienone is 6. The molecule has 0 aliphatic heterocycles. The lowest BCUT2D eigenvalue weighted by Gasteiger charge is -2.00. The Morgan fingerprint density at radius 3 is 2.08 bits per heavy atom. The summed E-state index contributed by atoms with van der Waals surface area (Å²) in [7, 11) is 0. The molecule has 0 saturated heterocycles. The van der Waals surface area contributed by atoms with Gasteiger partial charge in [-0.05, 0) is 6.08 Å². The maximum absolute atomic E-state index is 12.6. The lowest BCUT2D eigenvalue weighted by molar-refractivity contribution is 0.444. The Hall–Kier alpha value is -0.780. The molecule has 0 N–H and O–H groups in total. The highest BCUT2D eigenvalue weighted by atomic mass is 32.1. The third-order valence-electron chi connectivity index (χ3n) is 1.37. The summed E-state index contributed by atoms with van der Waals surface area (Å²) < 4.78 is 62.5. The molecule has 0 radical (unpaired) electrons. The lowest BCUT2D eigenvalue weighted by Crippen LogP contribution is -1.96. The van der Waals surface area contributed by atoms with Crippen molar-refractivity contribution in [3.05, 3.63) is 34.3 Å². The topological polar surface area (TPSA) is 0 Å². The fourth-order valence-corrected chi connectivity index (χ4v) is 0.888. The van der Waals surface area contributed by atoms with Crippen molar-refractivity contribution in [2.24, 2.45) is 0 Å². The first-order chi connectivity index (χ1) is 5.95. The fourth-order valence-electron chi connectivity index (χ4n) is 0.715. The Bertz CT molecular complexity index is 328. The zero-order chi connectivity index (χ0) is 10.2. The van der Waals surface area contributed by atoms with Crippen LogP contribution < -0.4 is 0 Å². The molecule has 1 aliphatic rings. The molecule has 0 aromatic carbocycles. The van der Waals surface area contributed by atoms with Gasteiger partial charge in [-0.3, -0.25) is 0 Å². The predicted molar refractivity (Wildman–Crippen MR) is 40.4 cm³/mol. The summed E-state index contributed by atoms with van der Waals surface area (Å²) >= 11 is 3.24. The van der Waals surface area contributed by atoms with Gasteiger partial charge >= 0.3 is 0 Å². The fraction of sp³-hybridized carbons (Fsp3) is 0.143. The molecular weight excluding hydrogens is 211 g/mol. The van der Waals surface area contributed by atoms with Gasteiger partial charge in [-0.25, -0.2) is 22.0 Å². The van der Waals surface area contributed by atoms with E-state index in [1.54, 1.807) is 0 Å². The van der Waals surface area contributed by atoms with E-state index in [9.17, 15) is 22.0 Å². The minimum absolute atomic E-state index is 0.101. The number of hydrogen-bond donors (Lipinski definition) is 1. The Kier molecular flexibility index (Phi) is 2.80. The van der Waals surface area contributed by atoms with Crippen LogP contribution in [0.5, 0.6) is 0 Å². The molecule has 0 bridgehead atoms. The molecule has 6 heteroatoms. The molecule has 0 nitrogen and oxygen atoms in total. The molecule has 0 aromatic heterocycles. The molecule has 0 heterocycles. The van der Waals surface area contributed by atoms with Crippen molar-refractivity contribution < 1.29 is 22.0 Å². The first-order valence-electron chi connectivity index (χ1n) is 3.11. The summed E-state index contributed by atoms with van der Waals surface area (Å²) in [6, 6.07) is 0. The van der Waals surface area contributed by atoms with E-state index in [1.165, 1.54) is 0 Å². The minimum atomic E-state index is -2.28. The van der Waals surface area contributed by atoms with Gasteiger partial charge in [0, 0.05) is 0 Å². The summed E-state index contributed by atoms with van der Waals surface area (Å²) in [6.07, 6.45) is -2.17. The molecule has 0 saturated carbocycles. The number of alkyl halides is 1. The molecule has 1 rings (SSSR count). The number of thiol groups is 1. The van der Waals surface area contributed by atoms with E-state index in [1.807, 2.05) is 0 Å². The van der Waals surface area contributed by atoms with E-state index < -0.39 is 34.4 Å². The van der Waals surface area contributed by atoms with Crippen LogP contribution in [0.4, 0.5) is 22.0 Å². The van der Waals surface area contributed by atoms with Gasteiger partial charge in [0.25, 0.3) is 0 Å². The van der Waals surface area contributed by atoms with E-state index in [4.69, 9.17) is 0 Å². The molecule has 1 unspecified atom stereocenters. The van der Waals surface area contributed by atoms with Crippen molar-refractivity contribution >= 4 is 12.6 Å². The van der Waals surface area contributed by atoms with Crippen LogP contribution in [0, 0.1) is 0 Å². The molecular formula is C7H3F5S. The molecule has 1 aliphatic carbocycles. The van der Waals surface area contributed by atoms with Gasteiger partial charge in [0.1, 0.15) is 0 Å². The number of rotatable bonds is 0. The molecule has 1 atom stereocenters. The predicted octanol–water partition coefficient (Wildman–Crippen LogP) is 3.45. The molecule has 0 aromatic rings. The summed E-state index contributed by atoms with van der Waals surface area (Å²) in [6.45, 7) is 0. The van der Waals surface area contributed by atoms with Gasteiger partial charge in [-0.2, -0.15) is 0 Å². The minimum Gasteiger partial charge on any atom is -0.237 e. The maximum Gasteiger partial charge on any atom is 0.198 e. The van der Waals surface area contributed by atoms with Crippen LogP contribution in [0.2, 0.25) is 0 Å². The first kappa shape index (κ1) is 10.3. The summed E-state index contributed by atoms with van der Waals surface area (Å²) in [5, 5.41) is 0. The van der Waals surface area contributed by atoms with Crippen LogP contribution in [0.3, 0.4) is 0 Å². The van der Waals surface area contributed by atoms with Crippen molar-refractivity contribution in [1.82, 2.24) is 0 Å². The van der Waals surface area contributed by atoms with Crippen molar-refractivity contribution in [3.8, 4) is 0 Å². The summed E-state index contributed by atoms with van der Waals surface area (Å²) in [5.74, 6) is -7.72. The van der Waals surface area contributed by atoms with E-state index in [-0.39, 0.29) is 6.08 Å². The Balaban J connectivity index is 3.32. The normalized spacial score (nSPS) is 24.8. The zero-order valence-corrected chi connectivity index (χ0v) is 6.89. The standard InChI is InChI=1S/C7H3F5S/c8-2-1-3(9)7(13)6(12)5(11)4(2)10/h1,3,13H. The van der Waals surface area contributed by atoms with Gasteiger partial charge < -0.3 is 0 Å². The van der Waals surface area contributed by atoms with Crippen LogP contribution in [0.1, 0.15) is 0 Å². The zero-order valence-electron chi connectivity index (χ0n) is 5.99. The third-order valence-corrected chi connectivity index (χ3v) is 1.82. The maximum atomic E-state index is 12.6. The molecule has 0 amide bonds. The van der Waals surface area contributed by atoms with E-state index >= 15 is 0 Å². The Morgan fingerprint density at radius 1 is 1.00 bits per heavy atom. The second-order valence-corrected chi connectivity index (χ2v) is 2.73. The van der Waals surface area contributed by atoms with Gasteiger partial charge in [-0.1, -0.05) is 0 Å². The largest absolute Gasteiger partial charge is 0.237 e. The highest BCUT2D eigenvalue weighted by Crippen LogP contribution is 2.34. The second kappa shape index (κ2) is 3.53. The average Bonchev–Trinajstić information content (AvgIpc) is 2.15. The van der Waals surface area contributed by atoms with E-state index in [0.717, 1.165) is 0 Å². The van der Waals surface area contributed by atoms with Crippen LogP contribution in [-0.2, 0) is 0 Å². The van der Waals surface area contributed by atoms with Gasteiger partial charge in [0.15, 0.2) is 29.5 Å². The Labute approximate surface area is 75.8 Å². The third kappa shape index (κ3) is 1.77. The first-order valence-corrected chi connectivity index (χ1v) is 3.56. The summed E-state index contributed by atoms with van der Waals surface area (Å²) in [4.78, 5) is -0.986. The van der Waals surface area contributed by atoms with Crippen LogP contribution >= 0.6 is 12.6 Å². The second-order valence-electron chi connectivity index (χ2n) is 2.24. The van der Waals surface area contributed by atoms with Crippen LogP contribution in [0.15, 0.2) is 34.3 Å². The van der Waals surface area contributed by atoms with Crippen LogP contribution in [0.25, 0.3) is 0 Å². The average molecular weight is 214 g/mol. The van der Waals surface area contributed by atoms with Gasteiger partial charge in [0.05, 0.1) is 4.91 Å². The van der Waals surface area contributed by atoms with Gasteiger partial charge in [-0.15, -0.1) is 12.6 Å². The summed E-state index contributed by atoms with van der Waals surface area (Å²) in [5.41, 5.74) is 0. The number of halogens is 5. The van der Waals surface area contributed by atoms with Crippen molar-refractivity contribution in [3.63, 3.8) is 0 Å². The quantitative estimate of drug-likeness (QED) is 0.463. The Morgan fingerprint density at radius 2 is 1.54 bits per heavy atom. The van der Waals surface area contributed by atoms with Crippen LogP contribution in [-0.4, -0.2) is 6.17 Å². The van der Waals surface area contributed by atoms with E-state index in [0.29, 0.717) is 0 Å². The molecule has 0 fully saturated rings. The smallest absolute Gasteiger partial charge is 0.198 e. The SMILES string of the molecule is FC1=CC(F)C(S)=C(F)C(F)=C1F. The highest BCUT2D eigenvalue weighted by Gasteiger charge is 2.26. The van der Waals surface area contributed by atoms with Crippen molar-refractivity contribution in [1.29, 1.82) is 0 Å². The lowest BCUT2D eigenvalue weighted by atomic mass is 10.3. The highest BCUT2D eigenvalue weighted by molar-refractivity contribution is 7.84. The molecule has 0 spiro atoms. The number of hydrogen-bond acceptors (Lipinski definition) is 1.